The van der Waals surface area contributed by atoms with Gasteiger partial charge in [0.25, 0.3) is 6.43 Å². The maximum atomic E-state index is 13.9. The van der Waals surface area contributed by atoms with Crippen LogP contribution in [0.15, 0.2) is 51.7 Å². The molecule has 9 nitrogen and oxygen atoms in total. The van der Waals surface area contributed by atoms with Crippen LogP contribution in [-0.4, -0.2) is 52.6 Å². The number of nitriles is 1. The number of likely N-dealkylation sites (tertiary alicyclic amines) is 1. The largest absolute Gasteiger partial charge is 0.444 e. The fourth-order valence-electron chi connectivity index (χ4n) is 4.28. The third-order valence-corrected chi connectivity index (χ3v) is 6.45. The predicted molar refractivity (Wildman–Crippen MR) is 134 cm³/mol. The Kier molecular flexibility index (Phi) is 7.02. The number of aryl methyl sites for hydroxylation is 1. The van der Waals surface area contributed by atoms with E-state index in [1.165, 1.54) is 4.57 Å². The van der Waals surface area contributed by atoms with E-state index in [9.17, 15) is 28.4 Å². The highest BCUT2D eigenvalue weighted by atomic mass is 19.3. The number of carbonyl (C=O) groups is 2. The number of hydrogen-bond donors (Lipinski definition) is 1. The van der Waals surface area contributed by atoms with Crippen LogP contribution in [0.4, 0.5) is 13.6 Å². The number of benzene rings is 2. The van der Waals surface area contributed by atoms with Gasteiger partial charge < -0.3 is 19.4 Å². The second-order valence-electron chi connectivity index (χ2n) is 10.5. The van der Waals surface area contributed by atoms with Crippen molar-refractivity contribution in [1.29, 1.82) is 5.26 Å². The second-order valence-corrected chi connectivity index (χ2v) is 10.5. The average Bonchev–Trinajstić information content (AvgIpc) is 3.10. The van der Waals surface area contributed by atoms with Crippen LogP contribution in [-0.2, 0) is 23.0 Å². The Labute approximate surface area is 217 Å². The highest BCUT2D eigenvalue weighted by molar-refractivity contribution is 5.87. The van der Waals surface area contributed by atoms with Crippen LogP contribution in [0.3, 0.4) is 0 Å². The number of oxazole rings is 1. The standard InChI is InChI=1S/C27H28F2N4O5/c1-26(2,3)38-25(36)33-14-27(15-33,22(28)29)23(34)31-19(13-30)11-16-5-7-17(8-6-16)18-9-10-21-20(12-18)32(4)24(35)37-21/h5-10,12,19,22H,11,14-15H2,1-4H3,(H,31,34)/t19-/m0/s1. The number of ether oxygens (including phenoxy) is 1. The summed E-state index contributed by atoms with van der Waals surface area (Å²) >= 11 is 0. The first-order chi connectivity index (χ1) is 17.8. The van der Waals surface area contributed by atoms with Gasteiger partial charge in [0.15, 0.2) is 5.58 Å². The number of nitrogens with one attached hydrogen (secondary N) is 1. The lowest BCUT2D eigenvalue weighted by atomic mass is 9.79. The third kappa shape index (κ3) is 5.25. The maximum Gasteiger partial charge on any atom is 0.419 e. The first kappa shape index (κ1) is 26.9. The number of rotatable bonds is 6. The van der Waals surface area contributed by atoms with Crippen LogP contribution in [0, 0.1) is 16.7 Å². The monoisotopic (exact) mass is 526 g/mol. The summed E-state index contributed by atoms with van der Waals surface area (Å²) in [6.07, 6.45) is -3.69. The molecule has 38 heavy (non-hydrogen) atoms. The summed E-state index contributed by atoms with van der Waals surface area (Å²) in [6.45, 7) is 3.98. The normalized spacial score (nSPS) is 15.6. The van der Waals surface area contributed by atoms with E-state index in [-0.39, 0.29) is 6.42 Å². The van der Waals surface area contributed by atoms with Gasteiger partial charge >= 0.3 is 11.8 Å². The van der Waals surface area contributed by atoms with Crippen LogP contribution in [0.25, 0.3) is 22.2 Å². The van der Waals surface area contributed by atoms with E-state index in [4.69, 9.17) is 9.15 Å². The van der Waals surface area contributed by atoms with Crippen LogP contribution in [0.1, 0.15) is 26.3 Å². The summed E-state index contributed by atoms with van der Waals surface area (Å²) in [4.78, 5) is 37.8. The predicted octanol–water partition coefficient (Wildman–Crippen LogP) is 3.85. The molecule has 1 atom stereocenters. The lowest BCUT2D eigenvalue weighted by Gasteiger charge is -2.47. The number of amides is 2. The number of halogens is 2. The maximum absolute atomic E-state index is 13.9. The summed E-state index contributed by atoms with van der Waals surface area (Å²) in [5, 5.41) is 12.0. The smallest absolute Gasteiger partial charge is 0.419 e. The summed E-state index contributed by atoms with van der Waals surface area (Å²) < 4.78 is 39.6. The van der Waals surface area contributed by atoms with Crippen LogP contribution in [0.5, 0.6) is 0 Å². The quantitative estimate of drug-likeness (QED) is 0.521. The molecular weight excluding hydrogens is 498 g/mol. The molecule has 200 valence electrons. The van der Waals surface area contributed by atoms with Crippen molar-refractivity contribution in [2.24, 2.45) is 12.5 Å². The molecule has 0 radical (unpaired) electrons. The first-order valence-corrected chi connectivity index (χ1v) is 12.0. The fourth-order valence-corrected chi connectivity index (χ4v) is 4.28. The Morgan fingerprint density at radius 2 is 1.79 bits per heavy atom. The van der Waals surface area contributed by atoms with Crippen molar-refractivity contribution < 1.29 is 27.5 Å². The fraction of sp³-hybridized carbons (Fsp3) is 0.407. The van der Waals surface area contributed by atoms with Gasteiger partial charge in [0.1, 0.15) is 17.1 Å². The minimum absolute atomic E-state index is 0.104. The topological polar surface area (TPSA) is 118 Å². The van der Waals surface area contributed by atoms with Crippen LogP contribution >= 0.6 is 0 Å². The minimum atomic E-state index is -3.02. The molecule has 2 aromatic carbocycles. The van der Waals surface area contributed by atoms with E-state index in [0.29, 0.717) is 16.7 Å². The van der Waals surface area contributed by atoms with Crippen molar-refractivity contribution in [1.82, 2.24) is 14.8 Å². The number of nitrogens with zero attached hydrogens (tertiary/aromatic N) is 3. The number of hydrogen-bond acceptors (Lipinski definition) is 6. The van der Waals surface area contributed by atoms with Crippen molar-refractivity contribution in [2.45, 2.75) is 45.3 Å². The number of fused-ring (bicyclic) bond motifs is 1. The van der Waals surface area contributed by atoms with Crippen molar-refractivity contribution in [3.63, 3.8) is 0 Å². The molecule has 1 N–H and O–H groups in total. The molecule has 0 bridgehead atoms. The molecule has 2 heterocycles. The molecule has 1 aromatic heterocycles. The van der Waals surface area contributed by atoms with Gasteiger partial charge in [-0.1, -0.05) is 30.3 Å². The Morgan fingerprint density at radius 1 is 1.16 bits per heavy atom. The molecular formula is C27H28F2N4O5. The van der Waals surface area contributed by atoms with Gasteiger partial charge in [-0.3, -0.25) is 9.36 Å². The molecule has 4 rings (SSSR count). The molecule has 1 aliphatic rings. The van der Waals surface area contributed by atoms with Gasteiger partial charge in [-0.2, -0.15) is 5.26 Å². The SMILES string of the molecule is Cn1c(=O)oc2ccc(-c3ccc(C[C@@H](C#N)NC(=O)C4(C(F)F)CN(C(=O)OC(C)(C)C)C4)cc3)cc21. The van der Waals surface area contributed by atoms with E-state index in [2.05, 4.69) is 5.32 Å². The van der Waals surface area contributed by atoms with Gasteiger partial charge in [0.05, 0.1) is 11.6 Å². The van der Waals surface area contributed by atoms with Gasteiger partial charge in [-0.05, 0) is 49.6 Å². The van der Waals surface area contributed by atoms with Crippen molar-refractivity contribution in [3.8, 4) is 17.2 Å². The summed E-state index contributed by atoms with van der Waals surface area (Å²) in [6, 6.07) is 13.5. The zero-order chi connectivity index (χ0) is 27.8. The third-order valence-electron chi connectivity index (χ3n) is 6.45. The van der Waals surface area contributed by atoms with Gasteiger partial charge in [-0.15, -0.1) is 0 Å². The highest BCUT2D eigenvalue weighted by Crippen LogP contribution is 2.38. The van der Waals surface area contributed by atoms with E-state index in [0.717, 1.165) is 16.0 Å². The highest BCUT2D eigenvalue weighted by Gasteiger charge is 2.58. The molecule has 1 fully saturated rings. The number of aromatic nitrogens is 1. The molecule has 2 amide bonds. The Bertz CT molecular complexity index is 1460. The van der Waals surface area contributed by atoms with Crippen molar-refractivity contribution in [2.75, 3.05) is 13.1 Å². The molecule has 11 heteroatoms. The Hall–Kier alpha value is -4.20. The molecule has 1 aliphatic heterocycles. The van der Waals surface area contributed by atoms with Crippen LogP contribution in [0.2, 0.25) is 0 Å². The van der Waals surface area contributed by atoms with Crippen LogP contribution < -0.4 is 11.1 Å². The van der Waals surface area contributed by atoms with E-state index >= 15 is 0 Å². The zero-order valence-corrected chi connectivity index (χ0v) is 21.5. The molecule has 3 aromatic rings. The van der Waals surface area contributed by atoms with Crippen molar-refractivity contribution >= 4 is 23.1 Å². The first-order valence-electron chi connectivity index (χ1n) is 12.0. The Morgan fingerprint density at radius 3 is 2.37 bits per heavy atom. The molecule has 0 aliphatic carbocycles. The van der Waals surface area contributed by atoms with E-state index < -0.39 is 54.3 Å². The molecule has 0 saturated carbocycles. The molecule has 0 unspecified atom stereocenters. The lowest BCUT2D eigenvalue weighted by Crippen LogP contribution is -2.68. The van der Waals surface area contributed by atoms with Gasteiger partial charge in [0, 0.05) is 26.6 Å². The number of alkyl halides is 2. The van der Waals surface area contributed by atoms with E-state index in [1.54, 1.807) is 46.0 Å². The summed E-state index contributed by atoms with van der Waals surface area (Å²) in [5.41, 5.74) is 0.660. The minimum Gasteiger partial charge on any atom is -0.444 e. The van der Waals surface area contributed by atoms with Crippen molar-refractivity contribution in [3.05, 3.63) is 58.6 Å². The molecule has 1 saturated heterocycles. The molecule has 0 spiro atoms. The zero-order valence-electron chi connectivity index (χ0n) is 21.5. The summed E-state index contributed by atoms with van der Waals surface area (Å²) in [5.74, 6) is -1.43. The second kappa shape index (κ2) is 9.93. The van der Waals surface area contributed by atoms with Gasteiger partial charge in [-0.25, -0.2) is 18.4 Å². The van der Waals surface area contributed by atoms with E-state index in [1.807, 2.05) is 30.3 Å². The average molecular weight is 527 g/mol. The number of carbonyl (C=O) groups excluding carboxylic acids is 2. The summed E-state index contributed by atoms with van der Waals surface area (Å²) in [7, 11) is 1.62. The Balaban J connectivity index is 1.41. The lowest BCUT2D eigenvalue weighted by molar-refractivity contribution is -0.160. The van der Waals surface area contributed by atoms with Gasteiger partial charge in [0.2, 0.25) is 5.91 Å².